The molecule has 0 saturated heterocycles. The quantitative estimate of drug-likeness (QED) is 0.674. The highest BCUT2D eigenvalue weighted by molar-refractivity contribution is 6.69. The molecule has 4 nitrogen and oxygen atoms in total. The average Bonchev–Trinajstić information content (AvgIpc) is 2.53. The summed E-state index contributed by atoms with van der Waals surface area (Å²) in [6.45, 7) is 8.84. The SMILES string of the molecule is Cc1nc2ccccc2c(=O)n1-c1ccccc1CO[Si](C)(C)C. The van der Waals surface area contributed by atoms with Crippen LogP contribution in [0, 0.1) is 6.92 Å². The molecule has 0 aliphatic heterocycles. The molecule has 0 fully saturated rings. The van der Waals surface area contributed by atoms with Crippen molar-refractivity contribution in [2.24, 2.45) is 0 Å². The second-order valence-electron chi connectivity index (χ2n) is 6.85. The van der Waals surface area contributed by atoms with E-state index in [0.717, 1.165) is 16.8 Å². The molecule has 0 unspecified atom stereocenters. The normalized spacial score (nSPS) is 11.8. The Labute approximate surface area is 142 Å². The Morgan fingerprint density at radius 1 is 1.04 bits per heavy atom. The van der Waals surface area contributed by atoms with Gasteiger partial charge in [-0.3, -0.25) is 9.36 Å². The average molecular weight is 338 g/mol. The molecule has 24 heavy (non-hydrogen) atoms. The van der Waals surface area contributed by atoms with E-state index < -0.39 is 8.32 Å². The molecule has 0 N–H and O–H groups in total. The third-order valence-corrected chi connectivity index (χ3v) is 4.85. The lowest BCUT2D eigenvalue weighted by Crippen LogP contribution is -2.27. The summed E-state index contributed by atoms with van der Waals surface area (Å²) in [6.07, 6.45) is 0. The number of para-hydroxylation sites is 2. The summed E-state index contributed by atoms with van der Waals surface area (Å²) in [4.78, 5) is 17.6. The fourth-order valence-electron chi connectivity index (χ4n) is 2.67. The van der Waals surface area contributed by atoms with Crippen LogP contribution in [0.25, 0.3) is 16.6 Å². The smallest absolute Gasteiger partial charge is 0.265 e. The number of hydrogen-bond donors (Lipinski definition) is 0. The predicted molar refractivity (Wildman–Crippen MR) is 100 cm³/mol. The van der Waals surface area contributed by atoms with Gasteiger partial charge in [-0.05, 0) is 44.8 Å². The molecule has 1 heterocycles. The topological polar surface area (TPSA) is 44.1 Å². The van der Waals surface area contributed by atoms with Crippen molar-refractivity contribution in [3.8, 4) is 5.69 Å². The zero-order valence-corrected chi connectivity index (χ0v) is 15.5. The van der Waals surface area contributed by atoms with Gasteiger partial charge in [-0.1, -0.05) is 30.3 Å². The summed E-state index contributed by atoms with van der Waals surface area (Å²) in [6, 6.07) is 15.3. The predicted octanol–water partition coefficient (Wildman–Crippen LogP) is 4.05. The molecular weight excluding hydrogens is 316 g/mol. The number of fused-ring (bicyclic) bond motifs is 1. The first-order chi connectivity index (χ1) is 11.4. The lowest BCUT2D eigenvalue weighted by atomic mass is 10.1. The van der Waals surface area contributed by atoms with Gasteiger partial charge in [0.25, 0.3) is 5.56 Å². The van der Waals surface area contributed by atoms with E-state index in [2.05, 4.69) is 24.6 Å². The van der Waals surface area contributed by atoms with E-state index in [4.69, 9.17) is 4.43 Å². The molecular formula is C19H22N2O2Si. The summed E-state index contributed by atoms with van der Waals surface area (Å²) < 4.78 is 7.73. The Balaban J connectivity index is 2.16. The molecule has 0 saturated carbocycles. The van der Waals surface area contributed by atoms with Crippen molar-refractivity contribution < 1.29 is 4.43 Å². The first-order valence-electron chi connectivity index (χ1n) is 8.07. The van der Waals surface area contributed by atoms with Gasteiger partial charge in [0.1, 0.15) is 5.82 Å². The summed E-state index contributed by atoms with van der Waals surface area (Å²) in [5.41, 5.74) is 2.53. The zero-order chi connectivity index (χ0) is 17.3. The van der Waals surface area contributed by atoms with Crippen LogP contribution in [0.5, 0.6) is 0 Å². The van der Waals surface area contributed by atoms with Crippen LogP contribution in [0.15, 0.2) is 53.3 Å². The van der Waals surface area contributed by atoms with Gasteiger partial charge in [0.05, 0.1) is 23.2 Å². The number of aromatic nitrogens is 2. The molecule has 0 aliphatic carbocycles. The van der Waals surface area contributed by atoms with E-state index >= 15 is 0 Å². The minimum absolute atomic E-state index is 0.0430. The van der Waals surface area contributed by atoms with Crippen molar-refractivity contribution in [2.75, 3.05) is 0 Å². The molecule has 5 heteroatoms. The van der Waals surface area contributed by atoms with E-state index in [-0.39, 0.29) is 5.56 Å². The van der Waals surface area contributed by atoms with Crippen LogP contribution in [0.2, 0.25) is 19.6 Å². The Kier molecular flexibility index (Phi) is 4.39. The van der Waals surface area contributed by atoms with Gasteiger partial charge in [-0.25, -0.2) is 4.98 Å². The monoisotopic (exact) mass is 338 g/mol. The van der Waals surface area contributed by atoms with Gasteiger partial charge in [0, 0.05) is 5.56 Å². The van der Waals surface area contributed by atoms with E-state index in [1.165, 1.54) is 0 Å². The highest BCUT2D eigenvalue weighted by Gasteiger charge is 2.17. The van der Waals surface area contributed by atoms with Crippen LogP contribution < -0.4 is 5.56 Å². The second-order valence-corrected chi connectivity index (χ2v) is 11.4. The molecule has 1 aromatic heterocycles. The van der Waals surface area contributed by atoms with Gasteiger partial charge in [-0.15, -0.1) is 0 Å². The van der Waals surface area contributed by atoms with Crippen molar-refractivity contribution in [3.63, 3.8) is 0 Å². The third-order valence-electron chi connectivity index (χ3n) is 3.84. The van der Waals surface area contributed by atoms with Crippen molar-refractivity contribution in [3.05, 3.63) is 70.3 Å². The Bertz CT molecular complexity index is 942. The van der Waals surface area contributed by atoms with Gasteiger partial charge in [-0.2, -0.15) is 0 Å². The number of nitrogens with zero attached hydrogens (tertiary/aromatic N) is 2. The van der Waals surface area contributed by atoms with Crippen LogP contribution in [-0.4, -0.2) is 17.9 Å². The molecule has 0 atom stereocenters. The zero-order valence-electron chi connectivity index (χ0n) is 14.5. The van der Waals surface area contributed by atoms with Crippen LogP contribution in [0.3, 0.4) is 0 Å². The fraction of sp³-hybridized carbons (Fsp3) is 0.263. The number of benzene rings is 2. The molecule has 0 radical (unpaired) electrons. The van der Waals surface area contributed by atoms with Gasteiger partial charge >= 0.3 is 0 Å². The van der Waals surface area contributed by atoms with Crippen molar-refractivity contribution in [1.29, 1.82) is 0 Å². The van der Waals surface area contributed by atoms with E-state index in [0.29, 0.717) is 17.8 Å². The number of rotatable bonds is 4. The third kappa shape index (κ3) is 3.32. The largest absolute Gasteiger partial charge is 0.413 e. The van der Waals surface area contributed by atoms with E-state index in [1.54, 1.807) is 4.57 Å². The first-order valence-corrected chi connectivity index (χ1v) is 11.5. The van der Waals surface area contributed by atoms with Gasteiger partial charge in [0.2, 0.25) is 0 Å². The lowest BCUT2D eigenvalue weighted by Gasteiger charge is -2.20. The first kappa shape index (κ1) is 16.6. The fourth-order valence-corrected chi connectivity index (χ4v) is 3.26. The Morgan fingerprint density at radius 3 is 2.46 bits per heavy atom. The molecule has 0 amide bonds. The van der Waals surface area contributed by atoms with Crippen LogP contribution in [0.1, 0.15) is 11.4 Å². The molecule has 3 rings (SSSR count). The Morgan fingerprint density at radius 2 is 1.71 bits per heavy atom. The van der Waals surface area contributed by atoms with Crippen LogP contribution in [0.4, 0.5) is 0 Å². The maximum absolute atomic E-state index is 13.0. The highest BCUT2D eigenvalue weighted by Crippen LogP contribution is 2.19. The summed E-state index contributed by atoms with van der Waals surface area (Å²) >= 11 is 0. The van der Waals surface area contributed by atoms with E-state index in [9.17, 15) is 4.79 Å². The number of aryl methyl sites for hydroxylation is 1. The second kappa shape index (κ2) is 6.34. The Hall–Kier alpha value is -2.24. The van der Waals surface area contributed by atoms with Crippen molar-refractivity contribution >= 4 is 19.2 Å². The summed E-state index contributed by atoms with van der Waals surface area (Å²) in [5.74, 6) is 0.680. The number of hydrogen-bond acceptors (Lipinski definition) is 3. The van der Waals surface area contributed by atoms with Crippen molar-refractivity contribution in [2.45, 2.75) is 33.2 Å². The molecule has 0 spiro atoms. The summed E-state index contributed by atoms with van der Waals surface area (Å²) in [5, 5.41) is 0.629. The van der Waals surface area contributed by atoms with Gasteiger partial charge < -0.3 is 4.43 Å². The molecule has 0 bridgehead atoms. The maximum atomic E-state index is 13.0. The van der Waals surface area contributed by atoms with Gasteiger partial charge in [0.15, 0.2) is 8.32 Å². The maximum Gasteiger partial charge on any atom is 0.265 e. The molecule has 2 aromatic carbocycles. The van der Waals surface area contributed by atoms with Crippen LogP contribution >= 0.6 is 0 Å². The molecule has 3 aromatic rings. The van der Waals surface area contributed by atoms with Crippen molar-refractivity contribution in [1.82, 2.24) is 9.55 Å². The minimum Gasteiger partial charge on any atom is -0.413 e. The van der Waals surface area contributed by atoms with E-state index in [1.807, 2.05) is 55.5 Å². The molecule has 124 valence electrons. The molecule has 0 aliphatic rings. The summed E-state index contributed by atoms with van der Waals surface area (Å²) in [7, 11) is -1.64. The highest BCUT2D eigenvalue weighted by atomic mass is 28.4. The minimum atomic E-state index is -1.64. The lowest BCUT2D eigenvalue weighted by molar-refractivity contribution is 0.299. The standard InChI is InChI=1S/C19H22N2O2Si/c1-14-20-17-11-7-6-10-16(17)19(22)21(14)18-12-8-5-9-15(18)13-23-24(2,3)4/h5-12H,13H2,1-4H3. The van der Waals surface area contributed by atoms with Crippen LogP contribution in [-0.2, 0) is 11.0 Å².